The molecule has 2 N–H and O–H groups in total. The Kier molecular flexibility index (Phi) is 3.71. The second-order valence-corrected chi connectivity index (χ2v) is 3.81. The Morgan fingerprint density at radius 3 is 3.00 bits per heavy atom. The molecule has 0 aliphatic carbocycles. The molecular formula is C8H13NS. The summed E-state index contributed by atoms with van der Waals surface area (Å²) in [6, 6.07) is 0. The standard InChI is InChI=1S/C8H13NS/c9-6-2-1-4-8-5-3-7-10-8/h8H,3-7,9H2. The summed E-state index contributed by atoms with van der Waals surface area (Å²) in [4.78, 5) is 0. The predicted molar refractivity (Wildman–Crippen MR) is 46.9 cm³/mol. The SMILES string of the molecule is NCC#CCC1CCCS1. The maximum atomic E-state index is 5.23. The fraction of sp³-hybridized carbons (Fsp3) is 0.750. The third-order valence-electron chi connectivity index (χ3n) is 1.58. The van der Waals surface area contributed by atoms with E-state index < -0.39 is 0 Å². The van der Waals surface area contributed by atoms with Crippen LogP contribution in [0.3, 0.4) is 0 Å². The highest BCUT2D eigenvalue weighted by Gasteiger charge is 2.13. The fourth-order valence-corrected chi connectivity index (χ4v) is 2.26. The topological polar surface area (TPSA) is 26.0 Å². The van der Waals surface area contributed by atoms with Crippen LogP contribution in [0, 0.1) is 11.8 Å². The zero-order valence-electron chi connectivity index (χ0n) is 6.10. The second kappa shape index (κ2) is 4.65. The summed E-state index contributed by atoms with van der Waals surface area (Å²) in [6.07, 6.45) is 3.77. The van der Waals surface area contributed by atoms with Crippen LogP contribution in [0.25, 0.3) is 0 Å². The summed E-state index contributed by atoms with van der Waals surface area (Å²) < 4.78 is 0. The van der Waals surface area contributed by atoms with Crippen molar-refractivity contribution < 1.29 is 0 Å². The minimum absolute atomic E-state index is 0.511. The van der Waals surface area contributed by atoms with Crippen molar-refractivity contribution in [1.29, 1.82) is 0 Å². The number of nitrogens with two attached hydrogens (primary N) is 1. The van der Waals surface area contributed by atoms with Gasteiger partial charge in [0.1, 0.15) is 0 Å². The van der Waals surface area contributed by atoms with Crippen molar-refractivity contribution >= 4 is 11.8 Å². The third-order valence-corrected chi connectivity index (χ3v) is 2.98. The van der Waals surface area contributed by atoms with Gasteiger partial charge in [-0.3, -0.25) is 0 Å². The largest absolute Gasteiger partial charge is 0.320 e. The summed E-state index contributed by atoms with van der Waals surface area (Å²) in [6.45, 7) is 0.511. The molecule has 0 aromatic carbocycles. The van der Waals surface area contributed by atoms with Crippen molar-refractivity contribution in [2.75, 3.05) is 12.3 Å². The van der Waals surface area contributed by atoms with Gasteiger partial charge in [0.05, 0.1) is 6.54 Å². The first kappa shape index (κ1) is 7.97. The van der Waals surface area contributed by atoms with Gasteiger partial charge in [0, 0.05) is 11.7 Å². The van der Waals surface area contributed by atoms with E-state index in [1.807, 2.05) is 11.8 Å². The number of hydrogen-bond acceptors (Lipinski definition) is 2. The van der Waals surface area contributed by atoms with Gasteiger partial charge in [-0.15, -0.1) is 5.92 Å². The molecule has 1 fully saturated rings. The zero-order chi connectivity index (χ0) is 7.23. The fourth-order valence-electron chi connectivity index (χ4n) is 1.06. The Labute approximate surface area is 66.8 Å². The Morgan fingerprint density at radius 2 is 2.40 bits per heavy atom. The molecule has 0 aromatic heterocycles. The van der Waals surface area contributed by atoms with Gasteiger partial charge >= 0.3 is 0 Å². The predicted octanol–water partition coefficient (Wildman–Crippen LogP) is 1.23. The summed E-state index contributed by atoms with van der Waals surface area (Å²) in [7, 11) is 0. The van der Waals surface area contributed by atoms with Crippen LogP contribution in [0.15, 0.2) is 0 Å². The highest BCUT2D eigenvalue weighted by Crippen LogP contribution is 2.27. The smallest absolute Gasteiger partial charge is 0.0551 e. The van der Waals surface area contributed by atoms with Crippen LogP contribution in [-0.2, 0) is 0 Å². The molecule has 0 saturated carbocycles. The molecule has 0 radical (unpaired) electrons. The molecule has 1 aliphatic heterocycles. The van der Waals surface area contributed by atoms with Gasteiger partial charge in [-0.1, -0.05) is 5.92 Å². The highest BCUT2D eigenvalue weighted by atomic mass is 32.2. The number of rotatable bonds is 1. The second-order valence-electron chi connectivity index (χ2n) is 2.40. The van der Waals surface area contributed by atoms with Crippen LogP contribution < -0.4 is 5.73 Å². The molecule has 1 saturated heterocycles. The summed E-state index contributed by atoms with van der Waals surface area (Å²) in [5.74, 6) is 7.30. The van der Waals surface area contributed by atoms with E-state index in [2.05, 4.69) is 11.8 Å². The van der Waals surface area contributed by atoms with Crippen LogP contribution in [0.4, 0.5) is 0 Å². The Morgan fingerprint density at radius 1 is 1.50 bits per heavy atom. The van der Waals surface area contributed by atoms with Gasteiger partial charge < -0.3 is 5.73 Å². The van der Waals surface area contributed by atoms with Crippen molar-refractivity contribution in [2.24, 2.45) is 5.73 Å². The first-order valence-electron chi connectivity index (χ1n) is 3.71. The molecular weight excluding hydrogens is 142 g/mol. The van der Waals surface area contributed by atoms with E-state index in [1.165, 1.54) is 18.6 Å². The molecule has 0 bridgehead atoms. The van der Waals surface area contributed by atoms with Crippen LogP contribution in [0.5, 0.6) is 0 Å². The molecule has 10 heavy (non-hydrogen) atoms. The van der Waals surface area contributed by atoms with Gasteiger partial charge in [-0.2, -0.15) is 11.8 Å². The van der Waals surface area contributed by atoms with Gasteiger partial charge in [0.2, 0.25) is 0 Å². The lowest BCUT2D eigenvalue weighted by Gasteiger charge is -1.99. The lowest BCUT2D eigenvalue weighted by atomic mass is 10.2. The molecule has 0 aromatic rings. The molecule has 2 heteroatoms. The Bertz CT molecular complexity index is 139. The van der Waals surface area contributed by atoms with Gasteiger partial charge in [-0.25, -0.2) is 0 Å². The lowest BCUT2D eigenvalue weighted by Crippen LogP contribution is -1.96. The molecule has 1 rings (SSSR count). The lowest BCUT2D eigenvalue weighted by molar-refractivity contribution is 0.800. The molecule has 56 valence electrons. The molecule has 0 amide bonds. The average molecular weight is 155 g/mol. The highest BCUT2D eigenvalue weighted by molar-refractivity contribution is 8.00. The maximum absolute atomic E-state index is 5.23. The molecule has 1 atom stereocenters. The van der Waals surface area contributed by atoms with E-state index in [1.54, 1.807) is 0 Å². The monoisotopic (exact) mass is 155 g/mol. The normalized spacial score (nSPS) is 23.9. The van der Waals surface area contributed by atoms with E-state index in [0.717, 1.165) is 11.7 Å². The van der Waals surface area contributed by atoms with E-state index in [-0.39, 0.29) is 0 Å². The van der Waals surface area contributed by atoms with Crippen LogP contribution in [0.2, 0.25) is 0 Å². The van der Waals surface area contributed by atoms with Crippen molar-refractivity contribution in [2.45, 2.75) is 24.5 Å². The van der Waals surface area contributed by atoms with Crippen LogP contribution in [0.1, 0.15) is 19.3 Å². The first-order chi connectivity index (χ1) is 4.93. The Hall–Kier alpha value is -0.130. The average Bonchev–Trinajstić information content (AvgIpc) is 2.41. The van der Waals surface area contributed by atoms with Crippen molar-refractivity contribution in [3.63, 3.8) is 0 Å². The molecule has 1 aliphatic rings. The number of hydrogen-bond donors (Lipinski definition) is 1. The third kappa shape index (κ3) is 2.64. The quantitative estimate of drug-likeness (QED) is 0.576. The zero-order valence-corrected chi connectivity index (χ0v) is 6.91. The van der Waals surface area contributed by atoms with Crippen LogP contribution >= 0.6 is 11.8 Å². The van der Waals surface area contributed by atoms with Crippen LogP contribution in [-0.4, -0.2) is 17.5 Å². The minimum atomic E-state index is 0.511. The molecule has 1 nitrogen and oxygen atoms in total. The summed E-state index contributed by atoms with van der Waals surface area (Å²) in [5, 5.41) is 0.805. The van der Waals surface area contributed by atoms with Crippen molar-refractivity contribution in [3.8, 4) is 11.8 Å². The van der Waals surface area contributed by atoms with E-state index in [9.17, 15) is 0 Å². The first-order valence-corrected chi connectivity index (χ1v) is 4.75. The minimum Gasteiger partial charge on any atom is -0.320 e. The maximum Gasteiger partial charge on any atom is 0.0551 e. The van der Waals surface area contributed by atoms with Gasteiger partial charge in [0.15, 0.2) is 0 Å². The van der Waals surface area contributed by atoms with E-state index in [4.69, 9.17) is 5.73 Å². The van der Waals surface area contributed by atoms with Crippen molar-refractivity contribution in [3.05, 3.63) is 0 Å². The van der Waals surface area contributed by atoms with Crippen molar-refractivity contribution in [1.82, 2.24) is 0 Å². The molecule has 1 heterocycles. The summed E-state index contributed by atoms with van der Waals surface area (Å²) in [5.41, 5.74) is 5.23. The van der Waals surface area contributed by atoms with Gasteiger partial charge in [0.25, 0.3) is 0 Å². The molecule has 1 unspecified atom stereocenters. The van der Waals surface area contributed by atoms with E-state index in [0.29, 0.717) is 6.54 Å². The Balaban J connectivity index is 2.12. The van der Waals surface area contributed by atoms with E-state index >= 15 is 0 Å². The summed E-state index contributed by atoms with van der Waals surface area (Å²) >= 11 is 2.05. The molecule has 0 spiro atoms. The van der Waals surface area contributed by atoms with Gasteiger partial charge in [-0.05, 0) is 18.6 Å². The number of thioether (sulfide) groups is 1.